The van der Waals surface area contributed by atoms with Crippen LogP contribution in [0.2, 0.25) is 0 Å². The van der Waals surface area contributed by atoms with Crippen molar-refractivity contribution in [2.45, 2.75) is 30.7 Å². The van der Waals surface area contributed by atoms with E-state index in [0.717, 1.165) is 0 Å². The first-order chi connectivity index (χ1) is 6.59. The van der Waals surface area contributed by atoms with Gasteiger partial charge in [0.15, 0.2) is 11.9 Å². The van der Waals surface area contributed by atoms with E-state index in [-0.39, 0.29) is 5.78 Å². The van der Waals surface area contributed by atoms with Crippen molar-refractivity contribution in [1.82, 2.24) is 0 Å². The minimum atomic E-state index is -3.27. The smallest absolute Gasteiger partial charge is 0.344 e. The van der Waals surface area contributed by atoms with E-state index in [4.69, 9.17) is 13.8 Å². The van der Waals surface area contributed by atoms with Crippen LogP contribution in [0.4, 0.5) is 0 Å². The predicted molar refractivity (Wildman–Crippen MR) is 48.1 cm³/mol. The van der Waals surface area contributed by atoms with Gasteiger partial charge in [-0.3, -0.25) is 9.36 Å². The van der Waals surface area contributed by atoms with Crippen LogP contribution in [0.5, 0.6) is 0 Å². The highest BCUT2D eigenvalue weighted by Crippen LogP contribution is 2.72. The molecule has 0 bridgehead atoms. The van der Waals surface area contributed by atoms with Crippen LogP contribution in [0.1, 0.15) is 19.3 Å². The summed E-state index contributed by atoms with van der Waals surface area (Å²) >= 11 is 0. The highest BCUT2D eigenvalue weighted by molar-refractivity contribution is 7.55. The Morgan fingerprint density at radius 3 is 2.71 bits per heavy atom. The molecule has 1 heterocycles. The van der Waals surface area contributed by atoms with Crippen LogP contribution in [0, 0.1) is 0 Å². The zero-order valence-electron chi connectivity index (χ0n) is 8.19. The van der Waals surface area contributed by atoms with Crippen molar-refractivity contribution < 1.29 is 23.1 Å². The lowest BCUT2D eigenvalue weighted by molar-refractivity contribution is -0.120. The summed E-state index contributed by atoms with van der Waals surface area (Å²) < 4.78 is 27.1. The summed E-state index contributed by atoms with van der Waals surface area (Å²) in [6.07, 6.45) is 1.19. The van der Waals surface area contributed by atoms with Gasteiger partial charge in [-0.1, -0.05) is 0 Å². The number of fused-ring (bicyclic) bond motifs is 1. The van der Waals surface area contributed by atoms with Crippen LogP contribution < -0.4 is 0 Å². The topological polar surface area (TPSA) is 65.1 Å². The van der Waals surface area contributed by atoms with E-state index in [2.05, 4.69) is 0 Å². The molecule has 2 rings (SSSR count). The quantitative estimate of drug-likeness (QED) is 0.530. The molecule has 1 saturated carbocycles. The third-order valence-corrected chi connectivity index (χ3v) is 5.32. The molecule has 0 radical (unpaired) electrons. The Bertz CT molecular complexity index is 307. The lowest BCUT2D eigenvalue weighted by Crippen LogP contribution is -2.27. The summed E-state index contributed by atoms with van der Waals surface area (Å²) in [6.45, 7) is 0. The first-order valence-electron chi connectivity index (χ1n) is 4.52. The summed E-state index contributed by atoms with van der Waals surface area (Å²) in [4.78, 5) is 11.4. The number of hydrogen-bond donors (Lipinski definition) is 0. The van der Waals surface area contributed by atoms with E-state index in [1.807, 2.05) is 0 Å². The largest absolute Gasteiger partial charge is 0.364 e. The molecule has 14 heavy (non-hydrogen) atoms. The van der Waals surface area contributed by atoms with Crippen molar-refractivity contribution in [3.05, 3.63) is 0 Å². The molecule has 0 aromatic rings. The molecule has 2 fully saturated rings. The second kappa shape index (κ2) is 3.14. The van der Waals surface area contributed by atoms with Gasteiger partial charge in [0, 0.05) is 20.6 Å². The maximum Gasteiger partial charge on any atom is 0.364 e. The standard InChI is InChI=1S/C8H13O5P/c1-11-14(10,12-2)8-5-3-4-6(9)7(8)13-8/h7H,3-5H2,1-2H3/t7-,8-/m1/s1. The molecule has 1 aliphatic heterocycles. The number of rotatable bonds is 3. The van der Waals surface area contributed by atoms with Crippen molar-refractivity contribution in [2.24, 2.45) is 0 Å². The molecule has 0 amide bonds. The SMILES string of the molecule is COP(=O)(OC)[C@]12CCCC(=O)[C@H]1O2. The van der Waals surface area contributed by atoms with Gasteiger partial charge in [0.1, 0.15) is 0 Å². The maximum absolute atomic E-state index is 12.1. The average Bonchev–Trinajstić information content (AvgIpc) is 2.94. The van der Waals surface area contributed by atoms with Crippen molar-refractivity contribution in [3.63, 3.8) is 0 Å². The van der Waals surface area contributed by atoms with Gasteiger partial charge in [-0.2, -0.15) is 0 Å². The van der Waals surface area contributed by atoms with E-state index in [0.29, 0.717) is 19.3 Å². The molecule has 1 saturated heterocycles. The molecule has 2 aliphatic rings. The number of Topliss-reactive ketones (excluding diaryl/α,β-unsaturated/α-hetero) is 1. The molecular weight excluding hydrogens is 207 g/mol. The summed E-state index contributed by atoms with van der Waals surface area (Å²) in [5, 5.41) is -0.966. The van der Waals surface area contributed by atoms with Gasteiger partial charge in [0.2, 0.25) is 5.34 Å². The minimum absolute atomic E-state index is 0.00516. The van der Waals surface area contributed by atoms with Gasteiger partial charge in [-0.25, -0.2) is 0 Å². The molecule has 0 aromatic heterocycles. The Morgan fingerprint density at radius 2 is 2.14 bits per heavy atom. The van der Waals surface area contributed by atoms with Gasteiger partial charge < -0.3 is 13.8 Å². The van der Waals surface area contributed by atoms with Crippen LogP contribution in [0.15, 0.2) is 0 Å². The van der Waals surface area contributed by atoms with E-state index >= 15 is 0 Å². The Hall–Kier alpha value is -0.220. The fourth-order valence-electron chi connectivity index (χ4n) is 2.05. The monoisotopic (exact) mass is 220 g/mol. The summed E-state index contributed by atoms with van der Waals surface area (Å²) in [7, 11) is -0.642. The van der Waals surface area contributed by atoms with E-state index in [1.165, 1.54) is 14.2 Å². The zero-order chi connectivity index (χ0) is 10.4. The molecule has 80 valence electrons. The second-order valence-electron chi connectivity index (χ2n) is 3.53. The minimum Gasteiger partial charge on any atom is -0.344 e. The summed E-state index contributed by atoms with van der Waals surface area (Å²) in [6, 6.07) is 0. The number of ether oxygens (including phenoxy) is 1. The van der Waals surface area contributed by atoms with E-state index < -0.39 is 19.0 Å². The first-order valence-corrected chi connectivity index (χ1v) is 6.06. The van der Waals surface area contributed by atoms with Crippen LogP contribution in [-0.2, 0) is 23.1 Å². The molecule has 6 heteroatoms. The fraction of sp³-hybridized carbons (Fsp3) is 0.875. The highest BCUT2D eigenvalue weighted by Gasteiger charge is 2.73. The van der Waals surface area contributed by atoms with E-state index in [1.54, 1.807) is 0 Å². The molecular formula is C8H13O5P. The second-order valence-corrected chi connectivity index (χ2v) is 6.01. The van der Waals surface area contributed by atoms with Gasteiger partial charge in [0.25, 0.3) is 0 Å². The number of hydrogen-bond acceptors (Lipinski definition) is 5. The predicted octanol–water partition coefficient (Wildman–Crippen LogP) is 1.32. The van der Waals surface area contributed by atoms with Crippen LogP contribution in [0.3, 0.4) is 0 Å². The number of carbonyl (C=O) groups excluding carboxylic acids is 1. The fourth-order valence-corrected chi connectivity index (χ4v) is 3.92. The summed E-state index contributed by atoms with van der Waals surface area (Å²) in [5.74, 6) is 0.00516. The molecule has 0 unspecified atom stereocenters. The normalized spacial score (nSPS) is 36.7. The Balaban J connectivity index is 2.27. The number of ketones is 1. The maximum atomic E-state index is 12.1. The molecule has 5 nitrogen and oxygen atoms in total. The Morgan fingerprint density at radius 1 is 1.50 bits per heavy atom. The Labute approximate surface area is 82.2 Å². The average molecular weight is 220 g/mol. The lowest BCUT2D eigenvalue weighted by Gasteiger charge is -2.23. The summed E-state index contributed by atoms with van der Waals surface area (Å²) in [5.41, 5.74) is 0. The molecule has 0 spiro atoms. The van der Waals surface area contributed by atoms with E-state index in [9.17, 15) is 9.36 Å². The lowest BCUT2D eigenvalue weighted by atomic mass is 9.99. The molecule has 0 aromatic carbocycles. The van der Waals surface area contributed by atoms with Crippen molar-refractivity contribution >= 4 is 13.4 Å². The third kappa shape index (κ3) is 1.13. The molecule has 1 aliphatic carbocycles. The molecule has 0 N–H and O–H groups in total. The van der Waals surface area contributed by atoms with Gasteiger partial charge >= 0.3 is 7.60 Å². The number of epoxide rings is 1. The van der Waals surface area contributed by atoms with Crippen LogP contribution in [0.25, 0.3) is 0 Å². The Kier molecular flexibility index (Phi) is 2.31. The van der Waals surface area contributed by atoms with Gasteiger partial charge in [-0.15, -0.1) is 0 Å². The van der Waals surface area contributed by atoms with Gasteiger partial charge in [-0.05, 0) is 12.8 Å². The van der Waals surface area contributed by atoms with Crippen molar-refractivity contribution in [1.29, 1.82) is 0 Å². The highest BCUT2D eigenvalue weighted by atomic mass is 31.2. The van der Waals surface area contributed by atoms with Crippen LogP contribution in [-0.4, -0.2) is 31.4 Å². The first kappa shape index (κ1) is 10.3. The molecule has 2 atom stereocenters. The van der Waals surface area contributed by atoms with Crippen molar-refractivity contribution in [3.8, 4) is 0 Å². The third-order valence-electron chi connectivity index (χ3n) is 2.87. The zero-order valence-corrected chi connectivity index (χ0v) is 9.08. The van der Waals surface area contributed by atoms with Gasteiger partial charge in [0.05, 0.1) is 0 Å². The number of carbonyl (C=O) groups is 1. The van der Waals surface area contributed by atoms with Crippen LogP contribution >= 0.6 is 7.60 Å². The van der Waals surface area contributed by atoms with Crippen molar-refractivity contribution in [2.75, 3.05) is 14.2 Å².